The summed E-state index contributed by atoms with van der Waals surface area (Å²) in [6, 6.07) is 13.5. The summed E-state index contributed by atoms with van der Waals surface area (Å²) in [4.78, 5) is 0.0499. The Morgan fingerprint density at radius 1 is 1.06 bits per heavy atom. The molecule has 5 heteroatoms. The molecule has 0 saturated heterocycles. The lowest BCUT2D eigenvalue weighted by atomic mass is 10.3. The van der Waals surface area contributed by atoms with Crippen molar-refractivity contribution in [2.45, 2.75) is 4.90 Å². The molecule has 0 amide bonds. The topological polar surface area (TPSA) is 75.4 Å². The second-order valence-corrected chi connectivity index (χ2v) is 4.23. The molecule has 0 aliphatic heterocycles. The van der Waals surface area contributed by atoms with Crippen molar-refractivity contribution in [1.29, 1.82) is 0 Å². The summed E-state index contributed by atoms with van der Waals surface area (Å²) in [5.74, 6) is 0.698. The number of hydrogen-bond donors (Lipinski definition) is 1. The zero-order valence-corrected chi connectivity index (χ0v) is 9.65. The Balaban J connectivity index is 2.41. The molecule has 0 spiro atoms. The molecule has 4 nitrogen and oxygen atoms in total. The second kappa shape index (κ2) is 4.99. The van der Waals surface area contributed by atoms with E-state index in [1.54, 1.807) is 36.4 Å². The average Bonchev–Trinajstić information content (AvgIpc) is 2.33. The normalized spacial score (nSPS) is 12.1. The summed E-state index contributed by atoms with van der Waals surface area (Å²) in [6.45, 7) is 0. The highest BCUT2D eigenvalue weighted by Gasteiger charge is 2.09. The van der Waals surface area contributed by atoms with Gasteiger partial charge in [0.15, 0.2) is 5.75 Å². The quantitative estimate of drug-likeness (QED) is 0.668. The van der Waals surface area contributed by atoms with Gasteiger partial charge in [-0.15, -0.1) is 0 Å². The van der Waals surface area contributed by atoms with Crippen LogP contribution in [-0.2, 0) is 11.1 Å². The van der Waals surface area contributed by atoms with Crippen molar-refractivity contribution in [3.63, 3.8) is 0 Å². The number of anilines is 1. The zero-order valence-electron chi connectivity index (χ0n) is 8.83. The van der Waals surface area contributed by atoms with E-state index in [1.165, 1.54) is 6.07 Å². The molecule has 2 aromatic rings. The minimum absolute atomic E-state index is 0.0499. The summed E-state index contributed by atoms with van der Waals surface area (Å²) in [7, 11) is 0. The fourth-order valence-electron chi connectivity index (χ4n) is 1.38. The van der Waals surface area contributed by atoms with Gasteiger partial charge in [0.25, 0.3) is 0 Å². The van der Waals surface area contributed by atoms with Gasteiger partial charge in [-0.3, -0.25) is 4.21 Å². The molecular formula is C12H10NO3S-. The molecule has 17 heavy (non-hydrogen) atoms. The maximum atomic E-state index is 11.0. The number of ether oxygens (including phenoxy) is 1. The minimum atomic E-state index is -2.38. The zero-order chi connectivity index (χ0) is 12.3. The van der Waals surface area contributed by atoms with Crippen LogP contribution >= 0.6 is 0 Å². The number of para-hydroxylation sites is 2. The standard InChI is InChI=1S/C12H11NO3S/c13-10-7-4-8-11(17(14)15)12(10)16-9-5-2-1-3-6-9/h1-8H,13H2,(H,14,15)/p-1. The smallest absolute Gasteiger partial charge is 0.165 e. The van der Waals surface area contributed by atoms with Crippen LogP contribution < -0.4 is 10.5 Å². The van der Waals surface area contributed by atoms with Gasteiger partial charge in [-0.2, -0.15) is 0 Å². The van der Waals surface area contributed by atoms with Gasteiger partial charge in [0, 0.05) is 0 Å². The number of nitrogens with two attached hydrogens (primary N) is 1. The molecular weight excluding hydrogens is 238 g/mol. The third kappa shape index (κ3) is 2.64. The molecule has 2 rings (SSSR count). The largest absolute Gasteiger partial charge is 0.768 e. The maximum Gasteiger partial charge on any atom is 0.165 e. The van der Waals surface area contributed by atoms with Crippen molar-refractivity contribution in [1.82, 2.24) is 0 Å². The minimum Gasteiger partial charge on any atom is -0.768 e. The van der Waals surface area contributed by atoms with Crippen LogP contribution in [0.4, 0.5) is 5.69 Å². The van der Waals surface area contributed by atoms with Crippen LogP contribution in [-0.4, -0.2) is 8.76 Å². The summed E-state index contributed by atoms with van der Waals surface area (Å²) in [5.41, 5.74) is 6.00. The van der Waals surface area contributed by atoms with Crippen molar-refractivity contribution >= 4 is 16.8 Å². The van der Waals surface area contributed by atoms with Gasteiger partial charge in [0.1, 0.15) is 5.75 Å². The molecule has 88 valence electrons. The van der Waals surface area contributed by atoms with E-state index in [-0.39, 0.29) is 16.3 Å². The van der Waals surface area contributed by atoms with Crippen molar-refractivity contribution in [2.24, 2.45) is 0 Å². The van der Waals surface area contributed by atoms with Gasteiger partial charge in [0.05, 0.1) is 10.6 Å². The van der Waals surface area contributed by atoms with Crippen molar-refractivity contribution in [3.8, 4) is 11.5 Å². The van der Waals surface area contributed by atoms with Crippen LogP contribution in [0, 0.1) is 0 Å². The van der Waals surface area contributed by atoms with E-state index in [0.29, 0.717) is 5.75 Å². The van der Waals surface area contributed by atoms with Crippen LogP contribution in [0.15, 0.2) is 53.4 Å². The van der Waals surface area contributed by atoms with Crippen molar-refractivity contribution < 1.29 is 13.5 Å². The first-order valence-corrected chi connectivity index (χ1v) is 5.96. The molecule has 0 radical (unpaired) electrons. The number of hydrogen-bond acceptors (Lipinski definition) is 4. The van der Waals surface area contributed by atoms with Crippen LogP contribution in [0.5, 0.6) is 11.5 Å². The number of benzene rings is 2. The van der Waals surface area contributed by atoms with Crippen LogP contribution in [0.25, 0.3) is 0 Å². The molecule has 0 saturated carbocycles. The van der Waals surface area contributed by atoms with E-state index in [9.17, 15) is 8.76 Å². The van der Waals surface area contributed by atoms with Crippen molar-refractivity contribution in [2.75, 3.05) is 5.73 Å². The van der Waals surface area contributed by atoms with Crippen molar-refractivity contribution in [3.05, 3.63) is 48.5 Å². The van der Waals surface area contributed by atoms with Gasteiger partial charge >= 0.3 is 0 Å². The fraction of sp³-hybridized carbons (Fsp3) is 0. The lowest BCUT2D eigenvalue weighted by Gasteiger charge is -2.14. The van der Waals surface area contributed by atoms with E-state index >= 15 is 0 Å². The first kappa shape index (κ1) is 11.6. The van der Waals surface area contributed by atoms with E-state index in [0.717, 1.165) is 0 Å². The summed E-state index contributed by atoms with van der Waals surface area (Å²) < 4.78 is 27.5. The average molecular weight is 248 g/mol. The lowest BCUT2D eigenvalue weighted by Crippen LogP contribution is -1.98. The predicted molar refractivity (Wildman–Crippen MR) is 64.6 cm³/mol. The molecule has 0 aromatic heterocycles. The summed E-state index contributed by atoms with van der Waals surface area (Å²) in [5, 5.41) is 0. The summed E-state index contributed by atoms with van der Waals surface area (Å²) >= 11 is -2.38. The van der Waals surface area contributed by atoms with E-state index in [2.05, 4.69) is 0 Å². The Hall–Kier alpha value is -1.85. The SMILES string of the molecule is Nc1cccc(S(=O)[O-])c1Oc1ccccc1. The first-order valence-electron chi connectivity index (χ1n) is 4.89. The summed E-state index contributed by atoms with van der Waals surface area (Å²) in [6.07, 6.45) is 0. The monoisotopic (exact) mass is 248 g/mol. The molecule has 0 bridgehead atoms. The van der Waals surface area contributed by atoms with Gasteiger partial charge in [-0.25, -0.2) is 0 Å². The Bertz CT molecular complexity index is 543. The predicted octanol–water partition coefficient (Wildman–Crippen LogP) is 2.30. The molecule has 0 aliphatic carbocycles. The number of rotatable bonds is 3. The third-order valence-corrected chi connectivity index (χ3v) is 2.83. The molecule has 0 fully saturated rings. The van der Waals surface area contributed by atoms with E-state index in [4.69, 9.17) is 10.5 Å². The number of nitrogen functional groups attached to an aromatic ring is 1. The van der Waals surface area contributed by atoms with Crippen LogP contribution in [0.2, 0.25) is 0 Å². The van der Waals surface area contributed by atoms with E-state index in [1.807, 2.05) is 6.07 Å². The van der Waals surface area contributed by atoms with Gasteiger partial charge in [0.2, 0.25) is 0 Å². The Morgan fingerprint density at radius 2 is 1.76 bits per heavy atom. The van der Waals surface area contributed by atoms with Crippen LogP contribution in [0.3, 0.4) is 0 Å². The van der Waals surface area contributed by atoms with Crippen LogP contribution in [0.1, 0.15) is 0 Å². The molecule has 1 unspecified atom stereocenters. The maximum absolute atomic E-state index is 11.0. The Labute approximate surface area is 101 Å². The van der Waals surface area contributed by atoms with Gasteiger partial charge in [-0.05, 0) is 35.3 Å². The molecule has 2 N–H and O–H groups in total. The Kier molecular flexibility index (Phi) is 3.41. The molecule has 0 heterocycles. The fourth-order valence-corrected chi connectivity index (χ4v) is 1.88. The first-order chi connectivity index (χ1) is 8.18. The highest BCUT2D eigenvalue weighted by molar-refractivity contribution is 7.79. The Morgan fingerprint density at radius 3 is 2.41 bits per heavy atom. The second-order valence-electron chi connectivity index (χ2n) is 3.32. The molecule has 1 atom stereocenters. The van der Waals surface area contributed by atoms with Gasteiger partial charge in [-0.1, -0.05) is 24.3 Å². The highest BCUT2D eigenvalue weighted by atomic mass is 32.2. The van der Waals surface area contributed by atoms with Gasteiger partial charge < -0.3 is 15.0 Å². The van der Waals surface area contributed by atoms with E-state index < -0.39 is 11.1 Å². The molecule has 2 aromatic carbocycles. The highest BCUT2D eigenvalue weighted by Crippen LogP contribution is 2.32. The lowest BCUT2D eigenvalue weighted by molar-refractivity contribution is 0.466. The third-order valence-electron chi connectivity index (χ3n) is 2.15. The molecule has 0 aliphatic rings.